The molecule has 1 aromatic carbocycles. The summed E-state index contributed by atoms with van der Waals surface area (Å²) >= 11 is 0. The highest BCUT2D eigenvalue weighted by Gasteiger charge is 2.36. The van der Waals surface area contributed by atoms with E-state index in [9.17, 15) is 4.79 Å². The molecule has 2 atom stereocenters. The molecule has 1 aliphatic carbocycles. The van der Waals surface area contributed by atoms with Crippen LogP contribution in [0.25, 0.3) is 0 Å². The third-order valence-electron chi connectivity index (χ3n) is 4.47. The van der Waals surface area contributed by atoms with Crippen LogP contribution in [0, 0.1) is 11.8 Å². The van der Waals surface area contributed by atoms with E-state index in [0.717, 1.165) is 12.1 Å². The maximum atomic E-state index is 12.7. The molecule has 1 saturated carbocycles. The molecule has 1 aliphatic heterocycles. The van der Waals surface area contributed by atoms with Crippen molar-refractivity contribution < 1.29 is 4.79 Å². The normalized spacial score (nSPS) is 26.9. The predicted octanol–water partition coefficient (Wildman–Crippen LogP) is 3.74. The van der Waals surface area contributed by atoms with Gasteiger partial charge in [-0.15, -0.1) is 0 Å². The Morgan fingerprint density at radius 2 is 1.89 bits per heavy atom. The average Bonchev–Trinajstić information content (AvgIpc) is 2.45. The molecular formula is C17H21NO. The SMILES string of the molecule is CC1=C[C@H]2CCCC[C@@H]2C(=O)N1Cc1ccccc1. The maximum absolute atomic E-state index is 12.7. The smallest absolute Gasteiger partial charge is 0.230 e. The number of carbonyl (C=O) groups excluding carboxylic acids is 1. The van der Waals surface area contributed by atoms with E-state index < -0.39 is 0 Å². The lowest BCUT2D eigenvalue weighted by molar-refractivity contribution is -0.137. The van der Waals surface area contributed by atoms with E-state index in [1.165, 1.54) is 24.8 Å². The molecule has 19 heavy (non-hydrogen) atoms. The van der Waals surface area contributed by atoms with E-state index in [4.69, 9.17) is 0 Å². The maximum Gasteiger partial charge on any atom is 0.230 e. The van der Waals surface area contributed by atoms with Crippen molar-refractivity contribution in [2.45, 2.75) is 39.2 Å². The van der Waals surface area contributed by atoms with E-state index in [1.807, 2.05) is 23.1 Å². The van der Waals surface area contributed by atoms with Crippen molar-refractivity contribution in [2.75, 3.05) is 0 Å². The van der Waals surface area contributed by atoms with E-state index >= 15 is 0 Å². The van der Waals surface area contributed by atoms with Gasteiger partial charge in [-0.3, -0.25) is 4.79 Å². The van der Waals surface area contributed by atoms with Gasteiger partial charge in [0.15, 0.2) is 0 Å². The highest BCUT2D eigenvalue weighted by molar-refractivity contribution is 5.82. The van der Waals surface area contributed by atoms with Crippen molar-refractivity contribution >= 4 is 5.91 Å². The zero-order valence-corrected chi connectivity index (χ0v) is 11.5. The van der Waals surface area contributed by atoms with Gasteiger partial charge in [-0.25, -0.2) is 0 Å². The first-order valence-corrected chi connectivity index (χ1v) is 7.29. The average molecular weight is 255 g/mol. The second kappa shape index (κ2) is 5.20. The molecule has 1 aromatic rings. The molecule has 0 radical (unpaired) electrons. The van der Waals surface area contributed by atoms with Gasteiger partial charge in [0.05, 0.1) is 6.54 Å². The van der Waals surface area contributed by atoms with Crippen LogP contribution >= 0.6 is 0 Å². The number of hydrogen-bond acceptors (Lipinski definition) is 1. The van der Waals surface area contributed by atoms with Crippen molar-refractivity contribution in [2.24, 2.45) is 11.8 Å². The second-order valence-electron chi connectivity index (χ2n) is 5.77. The molecule has 1 amide bonds. The molecule has 100 valence electrons. The van der Waals surface area contributed by atoms with Crippen molar-refractivity contribution in [1.82, 2.24) is 4.90 Å². The minimum atomic E-state index is 0.237. The van der Waals surface area contributed by atoms with Gasteiger partial charge < -0.3 is 4.90 Å². The van der Waals surface area contributed by atoms with E-state index in [0.29, 0.717) is 18.4 Å². The molecular weight excluding hydrogens is 234 g/mol. The number of rotatable bonds is 2. The fraction of sp³-hybridized carbons (Fsp3) is 0.471. The summed E-state index contributed by atoms with van der Waals surface area (Å²) in [6.45, 7) is 2.79. The van der Waals surface area contributed by atoms with Crippen molar-refractivity contribution in [3.8, 4) is 0 Å². The molecule has 0 N–H and O–H groups in total. The summed E-state index contributed by atoms with van der Waals surface area (Å²) in [5.74, 6) is 1.07. The summed E-state index contributed by atoms with van der Waals surface area (Å²) in [5, 5.41) is 0. The lowest BCUT2D eigenvalue weighted by Gasteiger charge is -2.39. The molecule has 3 rings (SSSR count). The molecule has 2 heteroatoms. The van der Waals surface area contributed by atoms with Crippen molar-refractivity contribution in [1.29, 1.82) is 0 Å². The summed E-state index contributed by atoms with van der Waals surface area (Å²) in [7, 11) is 0. The van der Waals surface area contributed by atoms with Crippen LogP contribution in [0.5, 0.6) is 0 Å². The Morgan fingerprint density at radius 1 is 1.16 bits per heavy atom. The zero-order chi connectivity index (χ0) is 13.2. The number of amides is 1. The highest BCUT2D eigenvalue weighted by Crippen LogP contribution is 2.37. The summed E-state index contributed by atoms with van der Waals surface area (Å²) in [6.07, 6.45) is 7.07. The predicted molar refractivity (Wildman–Crippen MR) is 76.2 cm³/mol. The minimum absolute atomic E-state index is 0.237. The van der Waals surface area contributed by atoms with Crippen LogP contribution < -0.4 is 0 Å². The Kier molecular flexibility index (Phi) is 3.41. The monoisotopic (exact) mass is 255 g/mol. The van der Waals surface area contributed by atoms with Crippen LogP contribution in [0.2, 0.25) is 0 Å². The van der Waals surface area contributed by atoms with Gasteiger partial charge in [0.1, 0.15) is 0 Å². The van der Waals surface area contributed by atoms with Crippen molar-refractivity contribution in [3.05, 3.63) is 47.7 Å². The summed E-state index contributed by atoms with van der Waals surface area (Å²) < 4.78 is 0. The van der Waals surface area contributed by atoms with Crippen LogP contribution in [0.1, 0.15) is 38.2 Å². The molecule has 2 aliphatic rings. The molecule has 1 fully saturated rings. The summed E-state index contributed by atoms with van der Waals surface area (Å²) in [5.41, 5.74) is 2.34. The van der Waals surface area contributed by atoms with Crippen LogP contribution in [-0.2, 0) is 11.3 Å². The van der Waals surface area contributed by atoms with Crippen LogP contribution in [0.3, 0.4) is 0 Å². The first kappa shape index (κ1) is 12.5. The van der Waals surface area contributed by atoms with E-state index in [-0.39, 0.29) is 5.92 Å². The Labute approximate surface area is 115 Å². The van der Waals surface area contributed by atoms with Gasteiger partial charge in [-0.05, 0) is 31.2 Å². The first-order valence-electron chi connectivity index (χ1n) is 7.29. The Balaban J connectivity index is 1.83. The van der Waals surface area contributed by atoms with Gasteiger partial charge in [-0.2, -0.15) is 0 Å². The van der Waals surface area contributed by atoms with Crippen molar-refractivity contribution in [3.63, 3.8) is 0 Å². The quantitative estimate of drug-likeness (QED) is 0.788. The zero-order valence-electron chi connectivity index (χ0n) is 11.5. The number of benzene rings is 1. The molecule has 0 saturated heterocycles. The molecule has 0 spiro atoms. The van der Waals surface area contributed by atoms with Gasteiger partial charge in [0.25, 0.3) is 0 Å². The molecule has 2 nitrogen and oxygen atoms in total. The first-order chi connectivity index (χ1) is 9.25. The van der Waals surface area contributed by atoms with Gasteiger partial charge in [0, 0.05) is 11.6 Å². The second-order valence-corrected chi connectivity index (χ2v) is 5.77. The van der Waals surface area contributed by atoms with Gasteiger partial charge in [-0.1, -0.05) is 49.2 Å². The van der Waals surface area contributed by atoms with Gasteiger partial charge in [0.2, 0.25) is 5.91 Å². The van der Waals surface area contributed by atoms with Crippen LogP contribution in [0.15, 0.2) is 42.1 Å². The van der Waals surface area contributed by atoms with E-state index in [2.05, 4.69) is 25.1 Å². The topological polar surface area (TPSA) is 20.3 Å². The van der Waals surface area contributed by atoms with Crippen LogP contribution in [-0.4, -0.2) is 10.8 Å². The lowest BCUT2D eigenvalue weighted by Crippen LogP contribution is -2.42. The Hall–Kier alpha value is -1.57. The number of nitrogens with zero attached hydrogens (tertiary/aromatic N) is 1. The summed E-state index contributed by atoms with van der Waals surface area (Å²) in [6, 6.07) is 10.3. The number of allylic oxidation sites excluding steroid dienone is 2. The fourth-order valence-electron chi connectivity index (χ4n) is 3.41. The number of carbonyl (C=O) groups is 1. The van der Waals surface area contributed by atoms with Gasteiger partial charge >= 0.3 is 0 Å². The highest BCUT2D eigenvalue weighted by atomic mass is 16.2. The number of fused-ring (bicyclic) bond motifs is 1. The fourth-order valence-corrected chi connectivity index (χ4v) is 3.41. The standard InChI is InChI=1S/C17H21NO/c1-13-11-15-9-5-6-10-16(15)17(19)18(13)12-14-7-3-2-4-8-14/h2-4,7-8,11,15-16H,5-6,9-10,12H2,1H3/t15-,16+/m1/s1. The largest absolute Gasteiger partial charge is 0.312 e. The third kappa shape index (κ3) is 2.44. The molecule has 0 aromatic heterocycles. The Bertz CT molecular complexity index is 491. The molecule has 0 bridgehead atoms. The molecule has 0 unspecified atom stereocenters. The third-order valence-corrected chi connectivity index (χ3v) is 4.47. The van der Waals surface area contributed by atoms with Crippen LogP contribution in [0.4, 0.5) is 0 Å². The van der Waals surface area contributed by atoms with E-state index in [1.54, 1.807) is 0 Å². The number of hydrogen-bond donors (Lipinski definition) is 0. The minimum Gasteiger partial charge on any atom is -0.312 e. The lowest BCUT2D eigenvalue weighted by atomic mass is 9.76. The summed E-state index contributed by atoms with van der Waals surface area (Å²) in [4.78, 5) is 14.6. The molecule has 1 heterocycles. The Morgan fingerprint density at radius 3 is 2.68 bits per heavy atom.